The van der Waals surface area contributed by atoms with Crippen molar-refractivity contribution in [1.29, 1.82) is 0 Å². The van der Waals surface area contributed by atoms with Crippen molar-refractivity contribution in [2.45, 2.75) is 70.4 Å². The number of anilines is 1. The second kappa shape index (κ2) is 9.15. The molecule has 41 heavy (non-hydrogen) atoms. The van der Waals surface area contributed by atoms with Crippen LogP contribution in [0, 0.1) is 5.41 Å². The number of carbonyl (C=O) groups excluding carboxylic acids is 4. The number of amides is 4. The second-order valence-corrected chi connectivity index (χ2v) is 12.4. The van der Waals surface area contributed by atoms with Gasteiger partial charge < -0.3 is 9.64 Å². The van der Waals surface area contributed by atoms with E-state index in [2.05, 4.69) is 24.3 Å². The van der Waals surface area contributed by atoms with Gasteiger partial charge in [0.25, 0.3) is 5.91 Å². The molecule has 3 aliphatic heterocycles. The van der Waals surface area contributed by atoms with Crippen molar-refractivity contribution in [1.82, 2.24) is 20.0 Å². The molecule has 3 fully saturated rings. The van der Waals surface area contributed by atoms with E-state index in [9.17, 15) is 19.2 Å². The van der Waals surface area contributed by atoms with Crippen molar-refractivity contribution in [2.24, 2.45) is 5.41 Å². The lowest BCUT2D eigenvalue weighted by Gasteiger charge is -2.45. The highest BCUT2D eigenvalue weighted by Gasteiger charge is 2.44. The van der Waals surface area contributed by atoms with Crippen molar-refractivity contribution < 1.29 is 23.9 Å². The van der Waals surface area contributed by atoms with Crippen molar-refractivity contribution >= 4 is 40.1 Å². The van der Waals surface area contributed by atoms with E-state index in [-0.39, 0.29) is 41.5 Å². The molecule has 2 aromatic carbocycles. The first kappa shape index (κ1) is 25.7. The van der Waals surface area contributed by atoms with Crippen molar-refractivity contribution in [3.8, 4) is 11.5 Å². The van der Waals surface area contributed by atoms with Crippen molar-refractivity contribution in [3.63, 3.8) is 0 Å². The highest BCUT2D eigenvalue weighted by Crippen LogP contribution is 2.45. The lowest BCUT2D eigenvalue weighted by atomic mass is 9.69. The molecule has 1 saturated carbocycles. The average molecular weight is 556 g/mol. The number of hydrogen-bond acceptors (Lipinski definition) is 6. The van der Waals surface area contributed by atoms with E-state index in [1.54, 1.807) is 18.3 Å². The van der Waals surface area contributed by atoms with Crippen LogP contribution in [-0.2, 0) is 19.9 Å². The number of nitrogens with one attached hydrogen (secondary N) is 1. The second-order valence-electron chi connectivity index (χ2n) is 12.4. The zero-order chi connectivity index (χ0) is 28.5. The number of ether oxygens (including phenoxy) is 1. The maximum Gasteiger partial charge on any atom is 0.259 e. The summed E-state index contributed by atoms with van der Waals surface area (Å²) >= 11 is 0. The molecular formula is C31H33N5O5. The number of likely N-dealkylation sites (tertiary alicyclic amines) is 1. The minimum Gasteiger partial charge on any atom is -0.453 e. The quantitative estimate of drug-likeness (QED) is 0.474. The van der Waals surface area contributed by atoms with Gasteiger partial charge in [-0.2, -0.15) is 5.10 Å². The fourth-order valence-electron chi connectivity index (χ4n) is 6.81. The van der Waals surface area contributed by atoms with Crippen molar-refractivity contribution in [3.05, 3.63) is 48.3 Å². The fraction of sp³-hybridized carbons (Fsp3) is 0.452. The van der Waals surface area contributed by atoms with Crippen LogP contribution in [0.1, 0.15) is 69.2 Å². The number of nitrogens with zero attached hydrogens (tertiary/aromatic N) is 4. The average Bonchev–Trinajstić information content (AvgIpc) is 3.53. The third-order valence-electron chi connectivity index (χ3n) is 9.65. The van der Waals surface area contributed by atoms with Gasteiger partial charge in [-0.05, 0) is 57.2 Å². The summed E-state index contributed by atoms with van der Waals surface area (Å²) in [5, 5.41) is 8.49. The largest absolute Gasteiger partial charge is 0.453 e. The molecule has 10 heteroatoms. The number of hydrogen-bond donors (Lipinski definition) is 1. The molecule has 2 saturated heterocycles. The molecule has 4 heterocycles. The Labute approximate surface area is 237 Å². The van der Waals surface area contributed by atoms with Crippen LogP contribution in [-0.4, -0.2) is 57.4 Å². The van der Waals surface area contributed by atoms with Gasteiger partial charge in [0.15, 0.2) is 5.75 Å². The number of benzene rings is 2. The van der Waals surface area contributed by atoms with Crippen LogP contribution in [0.5, 0.6) is 11.5 Å². The van der Waals surface area contributed by atoms with Gasteiger partial charge in [0.05, 0.1) is 23.6 Å². The molecule has 0 bridgehead atoms. The molecule has 10 nitrogen and oxygen atoms in total. The minimum atomic E-state index is -0.736. The lowest BCUT2D eigenvalue weighted by molar-refractivity contribution is -0.148. The summed E-state index contributed by atoms with van der Waals surface area (Å²) in [7, 11) is 0. The van der Waals surface area contributed by atoms with E-state index in [4.69, 9.17) is 4.74 Å². The normalized spacial score (nSPS) is 23.0. The topological polar surface area (TPSA) is 114 Å². The number of piperidine rings is 2. The highest BCUT2D eigenvalue weighted by atomic mass is 16.5. The van der Waals surface area contributed by atoms with Gasteiger partial charge in [-0.15, -0.1) is 0 Å². The molecule has 4 aliphatic rings. The van der Waals surface area contributed by atoms with Gasteiger partial charge >= 0.3 is 0 Å². The van der Waals surface area contributed by atoms with Gasteiger partial charge in [-0.25, -0.2) is 0 Å². The molecule has 212 valence electrons. The van der Waals surface area contributed by atoms with Gasteiger partial charge in [-0.3, -0.25) is 34.1 Å². The number of imide groups is 1. The van der Waals surface area contributed by atoms with Gasteiger partial charge in [0.1, 0.15) is 11.8 Å². The third kappa shape index (κ3) is 4.02. The zero-order valence-electron chi connectivity index (χ0n) is 23.3. The van der Waals surface area contributed by atoms with Crippen molar-refractivity contribution in [2.75, 3.05) is 18.0 Å². The lowest BCUT2D eigenvalue weighted by Crippen LogP contribution is -2.53. The van der Waals surface area contributed by atoms with Gasteiger partial charge in [0.2, 0.25) is 17.7 Å². The maximum atomic E-state index is 13.4. The molecule has 7 rings (SSSR count). The van der Waals surface area contributed by atoms with Crippen LogP contribution < -0.4 is 15.0 Å². The standard InChI is InChI=1S/C31H33N5O5/c1-30(11-4-12-30)29(40)34-15-13-31(2,14-16-34)35-18-19(17-32-35)41-24-9-7-22-26-20(24)5-3-6-21(26)28(39)36(22)23-8-10-25(37)33-27(23)38/h3,5-7,9,17-18,23H,4,8,10-16H2,1-2H3,(H,33,37,38). The first-order chi connectivity index (χ1) is 19.7. The molecule has 0 spiro atoms. The van der Waals surface area contributed by atoms with E-state index < -0.39 is 11.9 Å². The first-order valence-corrected chi connectivity index (χ1v) is 14.4. The molecule has 1 unspecified atom stereocenters. The van der Waals surface area contributed by atoms with Crippen LogP contribution in [0.4, 0.5) is 5.69 Å². The summed E-state index contributed by atoms with van der Waals surface area (Å²) in [6.07, 6.45) is 8.81. The minimum absolute atomic E-state index is 0.177. The van der Waals surface area contributed by atoms with Crippen LogP contribution in [0.15, 0.2) is 42.7 Å². The molecular weight excluding hydrogens is 522 g/mol. The highest BCUT2D eigenvalue weighted by molar-refractivity contribution is 6.27. The Balaban J connectivity index is 1.11. The Morgan fingerprint density at radius 2 is 1.83 bits per heavy atom. The predicted octanol–water partition coefficient (Wildman–Crippen LogP) is 4.12. The molecule has 0 radical (unpaired) electrons. The van der Waals surface area contributed by atoms with E-state index in [1.165, 1.54) is 4.90 Å². The molecule has 1 N–H and O–H groups in total. The van der Waals surface area contributed by atoms with Crippen LogP contribution in [0.3, 0.4) is 0 Å². The Bertz CT molecular complexity index is 1610. The van der Waals surface area contributed by atoms with E-state index in [0.29, 0.717) is 35.8 Å². The zero-order valence-corrected chi connectivity index (χ0v) is 23.3. The molecule has 1 aliphatic carbocycles. The third-order valence-corrected chi connectivity index (χ3v) is 9.65. The van der Waals surface area contributed by atoms with Crippen LogP contribution in [0.2, 0.25) is 0 Å². The summed E-state index contributed by atoms with van der Waals surface area (Å²) in [6, 6.07) is 8.34. The summed E-state index contributed by atoms with van der Waals surface area (Å²) in [4.78, 5) is 54.2. The Morgan fingerprint density at radius 3 is 2.54 bits per heavy atom. The molecule has 3 aromatic rings. The van der Waals surface area contributed by atoms with Gasteiger partial charge in [0, 0.05) is 41.3 Å². The number of aromatic nitrogens is 2. The summed E-state index contributed by atoms with van der Waals surface area (Å²) in [5.41, 5.74) is 0.745. The molecule has 1 atom stereocenters. The smallest absolute Gasteiger partial charge is 0.259 e. The summed E-state index contributed by atoms with van der Waals surface area (Å²) < 4.78 is 8.27. The molecule has 1 aromatic heterocycles. The van der Waals surface area contributed by atoms with Crippen LogP contribution >= 0.6 is 0 Å². The van der Waals surface area contributed by atoms with Crippen LogP contribution in [0.25, 0.3) is 10.8 Å². The monoisotopic (exact) mass is 555 g/mol. The Kier molecular flexibility index (Phi) is 5.75. The maximum absolute atomic E-state index is 13.4. The van der Waals surface area contributed by atoms with E-state index in [1.807, 2.05) is 34.0 Å². The van der Waals surface area contributed by atoms with E-state index >= 15 is 0 Å². The number of carbonyl (C=O) groups is 4. The first-order valence-electron chi connectivity index (χ1n) is 14.4. The summed E-state index contributed by atoms with van der Waals surface area (Å²) in [6.45, 7) is 5.69. The SMILES string of the molecule is CC1(C(=O)N2CCC(C)(n3cc(Oc4ccc5c6c(cccc46)C(=O)N5C4CCC(=O)NC4=O)cn3)CC2)CCC1. The summed E-state index contributed by atoms with van der Waals surface area (Å²) in [5.74, 6) is 0.428. The fourth-order valence-corrected chi connectivity index (χ4v) is 6.81. The molecule has 4 amide bonds. The predicted molar refractivity (Wildman–Crippen MR) is 151 cm³/mol. The number of rotatable bonds is 5. The van der Waals surface area contributed by atoms with Gasteiger partial charge in [-0.1, -0.05) is 25.5 Å². The Morgan fingerprint density at radius 1 is 1.05 bits per heavy atom. The Hall–Kier alpha value is -4.21. The van der Waals surface area contributed by atoms with E-state index in [0.717, 1.165) is 42.9 Å².